The predicted molar refractivity (Wildman–Crippen MR) is 56.6 cm³/mol. The first kappa shape index (κ1) is 9.32. The highest BCUT2D eigenvalue weighted by Crippen LogP contribution is 2.33. The molecule has 1 N–H and O–H groups in total. The lowest BCUT2D eigenvalue weighted by atomic mass is 9.92. The van der Waals surface area contributed by atoms with Crippen molar-refractivity contribution in [2.24, 2.45) is 0 Å². The fourth-order valence-corrected chi connectivity index (χ4v) is 2.19. The molecule has 1 heterocycles. The topological polar surface area (TPSA) is 12.0 Å². The highest BCUT2D eigenvalue weighted by Gasteiger charge is 2.19. The van der Waals surface area contributed by atoms with Gasteiger partial charge in [0.15, 0.2) is 0 Å². The molecule has 0 aromatic heterocycles. The van der Waals surface area contributed by atoms with Crippen molar-refractivity contribution in [2.75, 3.05) is 6.54 Å². The van der Waals surface area contributed by atoms with Gasteiger partial charge in [-0.15, -0.1) is 0 Å². The maximum atomic E-state index is 6.10. The van der Waals surface area contributed by atoms with Gasteiger partial charge in [0, 0.05) is 13.1 Å². The van der Waals surface area contributed by atoms with E-state index >= 15 is 0 Å². The van der Waals surface area contributed by atoms with E-state index in [1.54, 1.807) is 0 Å². The molecule has 1 aliphatic rings. The SMILES string of the molecule is C[C@@H]1CNCc2c1ccc(Cl)c2Cl. The van der Waals surface area contributed by atoms with E-state index in [4.69, 9.17) is 23.2 Å². The van der Waals surface area contributed by atoms with Crippen molar-refractivity contribution in [1.82, 2.24) is 5.32 Å². The molecule has 0 unspecified atom stereocenters. The largest absolute Gasteiger partial charge is 0.312 e. The van der Waals surface area contributed by atoms with Gasteiger partial charge < -0.3 is 5.32 Å². The minimum absolute atomic E-state index is 0.526. The lowest BCUT2D eigenvalue weighted by molar-refractivity contribution is 0.571. The molecule has 13 heavy (non-hydrogen) atoms. The van der Waals surface area contributed by atoms with Crippen molar-refractivity contribution in [3.63, 3.8) is 0 Å². The van der Waals surface area contributed by atoms with Crippen LogP contribution in [0.3, 0.4) is 0 Å². The number of benzene rings is 1. The maximum Gasteiger partial charge on any atom is 0.0640 e. The van der Waals surface area contributed by atoms with E-state index in [0.29, 0.717) is 16.0 Å². The van der Waals surface area contributed by atoms with Gasteiger partial charge in [-0.25, -0.2) is 0 Å². The molecule has 3 heteroatoms. The number of hydrogen-bond acceptors (Lipinski definition) is 1. The Morgan fingerprint density at radius 2 is 2.15 bits per heavy atom. The Bertz CT molecular complexity index is 336. The molecule has 1 aromatic rings. The lowest BCUT2D eigenvalue weighted by Crippen LogP contribution is -2.26. The lowest BCUT2D eigenvalue weighted by Gasteiger charge is -2.24. The molecule has 1 atom stereocenters. The summed E-state index contributed by atoms with van der Waals surface area (Å²) >= 11 is 12.0. The summed E-state index contributed by atoms with van der Waals surface area (Å²) in [5.41, 5.74) is 2.49. The fraction of sp³-hybridized carbons (Fsp3) is 0.400. The Morgan fingerprint density at radius 3 is 2.92 bits per heavy atom. The smallest absolute Gasteiger partial charge is 0.0640 e. The zero-order valence-electron chi connectivity index (χ0n) is 7.40. The Labute approximate surface area is 88.0 Å². The van der Waals surface area contributed by atoms with E-state index in [9.17, 15) is 0 Å². The van der Waals surface area contributed by atoms with E-state index in [-0.39, 0.29) is 0 Å². The highest BCUT2D eigenvalue weighted by molar-refractivity contribution is 6.42. The van der Waals surface area contributed by atoms with E-state index in [1.807, 2.05) is 6.07 Å². The van der Waals surface area contributed by atoms with Crippen molar-refractivity contribution in [2.45, 2.75) is 19.4 Å². The molecule has 1 aromatic carbocycles. The van der Waals surface area contributed by atoms with Crippen LogP contribution in [0.1, 0.15) is 24.0 Å². The molecule has 1 nitrogen and oxygen atoms in total. The van der Waals surface area contributed by atoms with Crippen LogP contribution in [0, 0.1) is 0 Å². The van der Waals surface area contributed by atoms with Crippen LogP contribution in [0.5, 0.6) is 0 Å². The molecule has 0 fully saturated rings. The third kappa shape index (κ3) is 1.56. The summed E-state index contributed by atoms with van der Waals surface area (Å²) in [5, 5.41) is 4.67. The van der Waals surface area contributed by atoms with Gasteiger partial charge in [0.2, 0.25) is 0 Å². The standard InChI is InChI=1S/C10H11Cl2N/c1-6-4-13-5-8-7(6)2-3-9(11)10(8)12/h2-3,6,13H,4-5H2,1H3/t6-/m1/s1. The third-order valence-electron chi connectivity index (χ3n) is 2.52. The van der Waals surface area contributed by atoms with Gasteiger partial charge in [-0.3, -0.25) is 0 Å². The Hall–Kier alpha value is -0.240. The van der Waals surface area contributed by atoms with Gasteiger partial charge in [-0.2, -0.15) is 0 Å². The molecular weight excluding hydrogens is 205 g/mol. The van der Waals surface area contributed by atoms with Crippen LogP contribution in [0.25, 0.3) is 0 Å². The highest BCUT2D eigenvalue weighted by atomic mass is 35.5. The minimum Gasteiger partial charge on any atom is -0.312 e. The first-order chi connectivity index (χ1) is 6.20. The van der Waals surface area contributed by atoms with Crippen molar-refractivity contribution in [3.8, 4) is 0 Å². The fourth-order valence-electron chi connectivity index (χ4n) is 1.77. The van der Waals surface area contributed by atoms with Crippen LogP contribution in [0.4, 0.5) is 0 Å². The molecule has 0 saturated carbocycles. The zero-order valence-corrected chi connectivity index (χ0v) is 8.91. The van der Waals surface area contributed by atoms with E-state index in [0.717, 1.165) is 18.7 Å². The molecule has 1 aliphatic heterocycles. The second-order valence-electron chi connectivity index (χ2n) is 3.46. The molecule has 0 radical (unpaired) electrons. The summed E-state index contributed by atoms with van der Waals surface area (Å²) in [6.07, 6.45) is 0. The summed E-state index contributed by atoms with van der Waals surface area (Å²) in [6, 6.07) is 3.96. The Kier molecular flexibility index (Phi) is 2.50. The van der Waals surface area contributed by atoms with Gasteiger partial charge in [0.1, 0.15) is 0 Å². The van der Waals surface area contributed by atoms with Crippen LogP contribution in [0.2, 0.25) is 10.0 Å². The van der Waals surface area contributed by atoms with Crippen LogP contribution in [-0.4, -0.2) is 6.54 Å². The van der Waals surface area contributed by atoms with E-state index in [1.165, 1.54) is 5.56 Å². The van der Waals surface area contributed by atoms with Crippen LogP contribution in [-0.2, 0) is 6.54 Å². The summed E-state index contributed by atoms with van der Waals surface area (Å²) in [4.78, 5) is 0. The monoisotopic (exact) mass is 215 g/mol. The van der Waals surface area contributed by atoms with Crippen molar-refractivity contribution in [1.29, 1.82) is 0 Å². The third-order valence-corrected chi connectivity index (χ3v) is 3.36. The van der Waals surface area contributed by atoms with E-state index in [2.05, 4.69) is 18.3 Å². The van der Waals surface area contributed by atoms with Gasteiger partial charge in [0.25, 0.3) is 0 Å². The summed E-state index contributed by atoms with van der Waals surface area (Å²) < 4.78 is 0. The minimum atomic E-state index is 0.526. The van der Waals surface area contributed by atoms with E-state index < -0.39 is 0 Å². The molecule has 2 rings (SSSR count). The van der Waals surface area contributed by atoms with Gasteiger partial charge in [-0.1, -0.05) is 36.2 Å². The average Bonchev–Trinajstić information content (AvgIpc) is 2.12. The predicted octanol–water partition coefficient (Wildman–Crippen LogP) is 3.20. The van der Waals surface area contributed by atoms with Crippen molar-refractivity contribution < 1.29 is 0 Å². The van der Waals surface area contributed by atoms with Gasteiger partial charge in [0.05, 0.1) is 10.0 Å². The van der Waals surface area contributed by atoms with Crippen LogP contribution >= 0.6 is 23.2 Å². The molecule has 0 spiro atoms. The van der Waals surface area contributed by atoms with Gasteiger partial charge >= 0.3 is 0 Å². The second kappa shape index (κ2) is 3.49. The number of fused-ring (bicyclic) bond motifs is 1. The molecular formula is C10H11Cl2N. The Balaban J connectivity index is 2.56. The van der Waals surface area contributed by atoms with Crippen LogP contribution < -0.4 is 5.32 Å². The number of rotatable bonds is 0. The first-order valence-electron chi connectivity index (χ1n) is 4.37. The molecule has 0 bridgehead atoms. The maximum absolute atomic E-state index is 6.10. The number of halogens is 2. The number of hydrogen-bond donors (Lipinski definition) is 1. The Morgan fingerprint density at radius 1 is 1.38 bits per heavy atom. The first-order valence-corrected chi connectivity index (χ1v) is 5.13. The quantitative estimate of drug-likeness (QED) is 0.702. The second-order valence-corrected chi connectivity index (χ2v) is 4.25. The molecule has 70 valence electrons. The van der Waals surface area contributed by atoms with Crippen LogP contribution in [0.15, 0.2) is 12.1 Å². The molecule has 0 aliphatic carbocycles. The summed E-state index contributed by atoms with van der Waals surface area (Å²) in [6.45, 7) is 4.04. The zero-order chi connectivity index (χ0) is 9.42. The van der Waals surface area contributed by atoms with Gasteiger partial charge in [-0.05, 0) is 23.1 Å². The summed E-state index contributed by atoms with van der Waals surface area (Å²) in [7, 11) is 0. The average molecular weight is 216 g/mol. The molecule has 0 amide bonds. The number of nitrogens with one attached hydrogen (secondary N) is 1. The van der Waals surface area contributed by atoms with Crippen molar-refractivity contribution in [3.05, 3.63) is 33.3 Å². The molecule has 0 saturated heterocycles. The normalized spacial score (nSPS) is 21.3. The summed E-state index contributed by atoms with van der Waals surface area (Å²) in [5.74, 6) is 0.526. The van der Waals surface area contributed by atoms with Crippen molar-refractivity contribution >= 4 is 23.2 Å².